The largest absolute Gasteiger partial charge is 0.298 e. The summed E-state index contributed by atoms with van der Waals surface area (Å²) < 4.78 is 12.8. The average molecular weight is 192 g/mol. The van der Waals surface area contributed by atoms with E-state index in [4.69, 9.17) is 5.26 Å². The van der Waals surface area contributed by atoms with Crippen LogP contribution in [0, 0.1) is 24.1 Å². The monoisotopic (exact) mass is 192 g/mol. The Morgan fingerprint density at radius 1 is 1.57 bits per heavy atom. The summed E-state index contributed by atoms with van der Waals surface area (Å²) in [7, 11) is 0. The fourth-order valence-electron chi connectivity index (χ4n) is 1.39. The van der Waals surface area contributed by atoms with Crippen LogP contribution in [0.5, 0.6) is 0 Å². The van der Waals surface area contributed by atoms with Crippen molar-refractivity contribution in [2.75, 3.05) is 6.54 Å². The van der Waals surface area contributed by atoms with E-state index in [9.17, 15) is 4.39 Å². The van der Waals surface area contributed by atoms with Crippen LogP contribution in [0.3, 0.4) is 0 Å². The molecule has 1 aromatic rings. The van der Waals surface area contributed by atoms with Crippen molar-refractivity contribution >= 4 is 0 Å². The molecular weight excluding hydrogens is 179 g/mol. The normalized spacial score (nSPS) is 12.1. The lowest BCUT2D eigenvalue weighted by molar-refractivity contribution is 0.618. The van der Waals surface area contributed by atoms with Gasteiger partial charge in [0.25, 0.3) is 0 Å². The summed E-state index contributed by atoms with van der Waals surface area (Å²) in [6, 6.07) is 6.27. The van der Waals surface area contributed by atoms with Crippen LogP contribution in [0.4, 0.5) is 4.39 Å². The second-order valence-electron chi connectivity index (χ2n) is 3.12. The summed E-state index contributed by atoms with van der Waals surface area (Å²) in [4.78, 5) is 0. The maximum absolute atomic E-state index is 12.8. The SMILES string of the molecule is CCNC(C#N)c1ccc(F)cc1C. The number of aryl methyl sites for hydroxylation is 1. The van der Waals surface area contributed by atoms with Crippen molar-refractivity contribution in [1.29, 1.82) is 5.26 Å². The molecule has 3 heteroatoms. The molecule has 2 nitrogen and oxygen atoms in total. The molecule has 0 aliphatic rings. The van der Waals surface area contributed by atoms with Crippen molar-refractivity contribution in [3.63, 3.8) is 0 Å². The molecule has 0 saturated heterocycles. The Balaban J connectivity index is 3.00. The number of nitriles is 1. The van der Waals surface area contributed by atoms with Crippen molar-refractivity contribution in [2.24, 2.45) is 0 Å². The van der Waals surface area contributed by atoms with Gasteiger partial charge >= 0.3 is 0 Å². The van der Waals surface area contributed by atoms with Crippen LogP contribution >= 0.6 is 0 Å². The third kappa shape index (κ3) is 2.30. The minimum Gasteiger partial charge on any atom is -0.298 e. The van der Waals surface area contributed by atoms with Gasteiger partial charge in [0.2, 0.25) is 0 Å². The van der Waals surface area contributed by atoms with Crippen molar-refractivity contribution in [3.05, 3.63) is 35.1 Å². The molecule has 0 amide bonds. The van der Waals surface area contributed by atoms with Gasteiger partial charge in [-0.05, 0) is 36.7 Å². The van der Waals surface area contributed by atoms with Gasteiger partial charge in [0.15, 0.2) is 0 Å². The van der Waals surface area contributed by atoms with Gasteiger partial charge in [-0.15, -0.1) is 0 Å². The van der Waals surface area contributed by atoms with Gasteiger partial charge in [0.05, 0.1) is 6.07 Å². The summed E-state index contributed by atoms with van der Waals surface area (Å²) in [5.74, 6) is -0.264. The van der Waals surface area contributed by atoms with E-state index in [1.165, 1.54) is 12.1 Å². The molecule has 14 heavy (non-hydrogen) atoms. The van der Waals surface area contributed by atoms with Crippen LogP contribution in [-0.2, 0) is 0 Å². The van der Waals surface area contributed by atoms with Crippen LogP contribution in [0.2, 0.25) is 0 Å². The molecule has 1 atom stereocenters. The van der Waals surface area contributed by atoms with E-state index >= 15 is 0 Å². The van der Waals surface area contributed by atoms with Gasteiger partial charge < -0.3 is 0 Å². The maximum atomic E-state index is 12.8. The van der Waals surface area contributed by atoms with E-state index in [1.54, 1.807) is 13.0 Å². The molecule has 0 radical (unpaired) electrons. The lowest BCUT2D eigenvalue weighted by atomic mass is 10.0. The smallest absolute Gasteiger partial charge is 0.123 e. The summed E-state index contributed by atoms with van der Waals surface area (Å²) in [5.41, 5.74) is 1.65. The standard InChI is InChI=1S/C11H13FN2/c1-3-14-11(7-13)10-5-4-9(12)6-8(10)2/h4-6,11,14H,3H2,1-2H3. The molecule has 0 aromatic heterocycles. The van der Waals surface area contributed by atoms with Gasteiger partial charge in [0.1, 0.15) is 11.9 Å². The molecule has 0 aliphatic carbocycles. The molecule has 1 N–H and O–H groups in total. The third-order valence-corrected chi connectivity index (χ3v) is 2.08. The first-order valence-electron chi connectivity index (χ1n) is 4.58. The summed E-state index contributed by atoms with van der Waals surface area (Å²) in [6.45, 7) is 4.46. The van der Waals surface area contributed by atoms with Crippen molar-refractivity contribution in [3.8, 4) is 6.07 Å². The van der Waals surface area contributed by atoms with E-state index in [1.807, 2.05) is 6.92 Å². The molecule has 0 bridgehead atoms. The van der Waals surface area contributed by atoms with Crippen LogP contribution in [0.25, 0.3) is 0 Å². The molecule has 0 heterocycles. The molecule has 74 valence electrons. The molecule has 0 aliphatic heterocycles. The summed E-state index contributed by atoms with van der Waals surface area (Å²) in [5, 5.41) is 11.9. The zero-order chi connectivity index (χ0) is 10.6. The fraction of sp³-hybridized carbons (Fsp3) is 0.364. The number of nitrogens with zero attached hydrogens (tertiary/aromatic N) is 1. The predicted molar refractivity (Wildman–Crippen MR) is 53.2 cm³/mol. The Labute approximate surface area is 83.4 Å². The fourth-order valence-corrected chi connectivity index (χ4v) is 1.39. The Bertz CT molecular complexity index is 355. The quantitative estimate of drug-likeness (QED) is 0.797. The molecular formula is C11H13FN2. The molecule has 0 spiro atoms. The predicted octanol–water partition coefficient (Wildman–Crippen LogP) is 2.31. The number of hydrogen-bond donors (Lipinski definition) is 1. The Hall–Kier alpha value is -1.40. The Kier molecular flexibility index (Phi) is 3.61. The van der Waals surface area contributed by atoms with Crippen LogP contribution in [0.1, 0.15) is 24.1 Å². The number of rotatable bonds is 3. The third-order valence-electron chi connectivity index (χ3n) is 2.08. The topological polar surface area (TPSA) is 35.8 Å². The first-order chi connectivity index (χ1) is 6.69. The van der Waals surface area contributed by atoms with Crippen LogP contribution in [0.15, 0.2) is 18.2 Å². The molecule has 1 unspecified atom stereocenters. The van der Waals surface area contributed by atoms with E-state index in [-0.39, 0.29) is 11.9 Å². The van der Waals surface area contributed by atoms with Crippen molar-refractivity contribution < 1.29 is 4.39 Å². The average Bonchev–Trinajstić information content (AvgIpc) is 2.15. The van der Waals surface area contributed by atoms with Gasteiger partial charge in [-0.2, -0.15) is 5.26 Å². The lowest BCUT2D eigenvalue weighted by Crippen LogP contribution is -2.20. The molecule has 1 rings (SSSR count). The van der Waals surface area contributed by atoms with E-state index in [0.29, 0.717) is 0 Å². The second kappa shape index (κ2) is 4.73. The van der Waals surface area contributed by atoms with Gasteiger partial charge in [-0.3, -0.25) is 5.32 Å². The summed E-state index contributed by atoms with van der Waals surface area (Å²) >= 11 is 0. The molecule has 1 aromatic carbocycles. The van der Waals surface area contributed by atoms with Gasteiger partial charge in [0, 0.05) is 0 Å². The van der Waals surface area contributed by atoms with E-state index in [2.05, 4.69) is 11.4 Å². The Morgan fingerprint density at radius 2 is 2.29 bits per heavy atom. The first-order valence-corrected chi connectivity index (χ1v) is 4.58. The number of benzene rings is 1. The minimum atomic E-state index is -0.347. The second-order valence-corrected chi connectivity index (χ2v) is 3.12. The van der Waals surface area contributed by atoms with Crippen LogP contribution in [-0.4, -0.2) is 6.54 Å². The lowest BCUT2D eigenvalue weighted by Gasteiger charge is -2.12. The van der Waals surface area contributed by atoms with E-state index < -0.39 is 0 Å². The highest BCUT2D eigenvalue weighted by Gasteiger charge is 2.11. The molecule has 0 saturated carbocycles. The van der Waals surface area contributed by atoms with Crippen LogP contribution < -0.4 is 5.32 Å². The summed E-state index contributed by atoms with van der Waals surface area (Å²) in [6.07, 6.45) is 0. The van der Waals surface area contributed by atoms with Gasteiger partial charge in [-0.1, -0.05) is 13.0 Å². The van der Waals surface area contributed by atoms with E-state index in [0.717, 1.165) is 17.7 Å². The highest BCUT2D eigenvalue weighted by atomic mass is 19.1. The molecule has 0 fully saturated rings. The zero-order valence-corrected chi connectivity index (χ0v) is 8.34. The van der Waals surface area contributed by atoms with Crippen molar-refractivity contribution in [1.82, 2.24) is 5.32 Å². The number of halogens is 1. The van der Waals surface area contributed by atoms with Gasteiger partial charge in [-0.25, -0.2) is 4.39 Å². The highest BCUT2D eigenvalue weighted by molar-refractivity contribution is 5.32. The zero-order valence-electron chi connectivity index (χ0n) is 8.34. The minimum absolute atomic E-state index is 0.264. The number of hydrogen-bond acceptors (Lipinski definition) is 2. The Morgan fingerprint density at radius 3 is 2.79 bits per heavy atom. The number of nitrogens with one attached hydrogen (secondary N) is 1. The van der Waals surface area contributed by atoms with Crippen molar-refractivity contribution in [2.45, 2.75) is 19.9 Å². The first kappa shape index (κ1) is 10.7. The highest BCUT2D eigenvalue weighted by Crippen LogP contribution is 2.17. The maximum Gasteiger partial charge on any atom is 0.123 e.